The smallest absolute Gasteiger partial charge is 0.308 e. The topological polar surface area (TPSA) is 55.8 Å². The summed E-state index contributed by atoms with van der Waals surface area (Å²) in [6.45, 7) is 7.99. The third-order valence-corrected chi connectivity index (χ3v) is 3.10. The highest BCUT2D eigenvalue weighted by molar-refractivity contribution is 5.72. The molecule has 1 aliphatic carbocycles. The Hall–Kier alpha value is -0.870. The van der Waals surface area contributed by atoms with Gasteiger partial charge in [0.2, 0.25) is 0 Å². The minimum Gasteiger partial charge on any atom is -0.466 e. The molecule has 0 aromatic carbocycles. The Kier molecular flexibility index (Phi) is 6.01. The number of carbonyl (C=O) groups is 1. The molecular weight excluding hydrogens is 244 g/mol. The third-order valence-electron chi connectivity index (χ3n) is 3.10. The van der Waals surface area contributed by atoms with Gasteiger partial charge in [-0.15, -0.1) is 0 Å². The Morgan fingerprint density at radius 2 is 2.00 bits per heavy atom. The summed E-state index contributed by atoms with van der Waals surface area (Å²) in [6.07, 6.45) is 4.16. The van der Waals surface area contributed by atoms with Crippen molar-refractivity contribution in [2.24, 2.45) is 5.92 Å². The summed E-state index contributed by atoms with van der Waals surface area (Å²) in [5, 5.41) is 9.81. The van der Waals surface area contributed by atoms with Crippen molar-refractivity contribution in [3.63, 3.8) is 0 Å². The molecule has 1 unspecified atom stereocenters. The second-order valence-corrected chi connectivity index (χ2v) is 5.97. The van der Waals surface area contributed by atoms with Crippen LogP contribution in [0.1, 0.15) is 53.4 Å². The lowest BCUT2D eigenvalue weighted by molar-refractivity contribution is -0.148. The molecular formula is C15H26O4. The molecule has 0 aliphatic heterocycles. The van der Waals surface area contributed by atoms with E-state index < -0.39 is 6.29 Å². The molecule has 4 nitrogen and oxygen atoms in total. The van der Waals surface area contributed by atoms with Crippen LogP contribution in [0.25, 0.3) is 0 Å². The lowest BCUT2D eigenvalue weighted by Crippen LogP contribution is -2.26. The summed E-state index contributed by atoms with van der Waals surface area (Å²) in [5.74, 6) is -0.0779. The van der Waals surface area contributed by atoms with Gasteiger partial charge in [0.15, 0.2) is 6.29 Å². The molecule has 1 rings (SSSR count). The van der Waals surface area contributed by atoms with Crippen LogP contribution < -0.4 is 0 Å². The van der Waals surface area contributed by atoms with Gasteiger partial charge in [0.1, 0.15) is 0 Å². The number of rotatable bonds is 4. The first-order valence-corrected chi connectivity index (χ1v) is 7.04. The van der Waals surface area contributed by atoms with Crippen molar-refractivity contribution in [1.29, 1.82) is 0 Å². The lowest BCUT2D eigenvalue weighted by Gasteiger charge is -2.25. The van der Waals surface area contributed by atoms with E-state index in [1.165, 1.54) is 0 Å². The average molecular weight is 270 g/mol. The average Bonchev–Trinajstić information content (AvgIpc) is 2.27. The van der Waals surface area contributed by atoms with Crippen molar-refractivity contribution in [3.05, 3.63) is 11.6 Å². The SMILES string of the molecule is CCOC(=O)C1CCC(=CC(O)OC(C)(C)C)CC1. The Morgan fingerprint density at radius 3 is 2.47 bits per heavy atom. The van der Waals surface area contributed by atoms with E-state index in [1.54, 1.807) is 6.08 Å². The van der Waals surface area contributed by atoms with E-state index in [0.29, 0.717) is 6.61 Å². The van der Waals surface area contributed by atoms with Gasteiger partial charge < -0.3 is 14.6 Å². The largest absolute Gasteiger partial charge is 0.466 e. The zero-order valence-electron chi connectivity index (χ0n) is 12.4. The Bertz CT molecular complexity index is 318. The van der Waals surface area contributed by atoms with Crippen LogP contribution in [0.4, 0.5) is 0 Å². The maximum atomic E-state index is 11.6. The van der Waals surface area contributed by atoms with E-state index >= 15 is 0 Å². The molecule has 0 heterocycles. The van der Waals surface area contributed by atoms with Gasteiger partial charge in [-0.25, -0.2) is 0 Å². The van der Waals surface area contributed by atoms with Crippen molar-refractivity contribution < 1.29 is 19.4 Å². The van der Waals surface area contributed by atoms with Gasteiger partial charge in [-0.05, 0) is 59.5 Å². The molecule has 1 atom stereocenters. The zero-order chi connectivity index (χ0) is 14.5. The molecule has 0 bridgehead atoms. The highest BCUT2D eigenvalue weighted by Crippen LogP contribution is 2.29. The fourth-order valence-corrected chi connectivity index (χ4v) is 2.25. The first-order valence-electron chi connectivity index (χ1n) is 7.04. The van der Waals surface area contributed by atoms with Crippen molar-refractivity contribution in [2.75, 3.05) is 6.61 Å². The standard InChI is InChI=1S/C15H26O4/c1-5-18-14(17)12-8-6-11(7-9-12)10-13(16)19-15(2,3)4/h10,12-13,16H,5-9H2,1-4H3. The minimum absolute atomic E-state index is 0.0118. The summed E-state index contributed by atoms with van der Waals surface area (Å²) >= 11 is 0. The van der Waals surface area contributed by atoms with Crippen molar-refractivity contribution in [2.45, 2.75) is 65.3 Å². The number of ether oxygens (including phenoxy) is 2. The number of hydrogen-bond acceptors (Lipinski definition) is 4. The summed E-state index contributed by atoms with van der Waals surface area (Å²) < 4.78 is 10.5. The molecule has 4 heteroatoms. The summed E-state index contributed by atoms with van der Waals surface area (Å²) in [7, 11) is 0. The molecule has 0 amide bonds. The Morgan fingerprint density at radius 1 is 1.42 bits per heavy atom. The second kappa shape index (κ2) is 7.06. The van der Waals surface area contributed by atoms with Crippen LogP contribution in [0.15, 0.2) is 11.6 Å². The quantitative estimate of drug-likeness (QED) is 0.485. The van der Waals surface area contributed by atoms with Gasteiger partial charge in [-0.2, -0.15) is 0 Å². The molecule has 1 aliphatic rings. The molecule has 0 spiro atoms. The summed E-state index contributed by atoms with van der Waals surface area (Å²) in [6, 6.07) is 0. The van der Waals surface area contributed by atoms with Crippen LogP contribution in [0, 0.1) is 5.92 Å². The fraction of sp³-hybridized carbons (Fsp3) is 0.800. The zero-order valence-corrected chi connectivity index (χ0v) is 12.4. The van der Waals surface area contributed by atoms with Crippen LogP contribution in [0.3, 0.4) is 0 Å². The van der Waals surface area contributed by atoms with E-state index in [0.717, 1.165) is 31.3 Å². The molecule has 19 heavy (non-hydrogen) atoms. The molecule has 0 aromatic rings. The summed E-state index contributed by atoms with van der Waals surface area (Å²) in [5.41, 5.74) is 0.802. The second-order valence-electron chi connectivity index (χ2n) is 5.97. The van der Waals surface area contributed by atoms with E-state index in [9.17, 15) is 9.90 Å². The van der Waals surface area contributed by atoms with Crippen LogP contribution in [-0.4, -0.2) is 29.6 Å². The van der Waals surface area contributed by atoms with Crippen molar-refractivity contribution >= 4 is 5.97 Å². The minimum atomic E-state index is -0.867. The predicted octanol–water partition coefficient (Wildman–Crippen LogP) is 2.80. The highest BCUT2D eigenvalue weighted by atomic mass is 16.6. The molecule has 1 N–H and O–H groups in total. The Labute approximate surface area is 115 Å². The number of carbonyl (C=O) groups excluding carboxylic acids is 1. The normalized spacial score (nSPS) is 21.9. The maximum absolute atomic E-state index is 11.6. The third kappa shape index (κ3) is 6.21. The number of esters is 1. The maximum Gasteiger partial charge on any atom is 0.308 e. The molecule has 110 valence electrons. The van der Waals surface area contributed by atoms with Crippen LogP contribution in [0.5, 0.6) is 0 Å². The van der Waals surface area contributed by atoms with Gasteiger partial charge in [0.05, 0.1) is 18.1 Å². The van der Waals surface area contributed by atoms with E-state index in [4.69, 9.17) is 9.47 Å². The fourth-order valence-electron chi connectivity index (χ4n) is 2.25. The number of aliphatic hydroxyl groups is 1. The van der Waals surface area contributed by atoms with Crippen LogP contribution >= 0.6 is 0 Å². The van der Waals surface area contributed by atoms with Gasteiger partial charge in [0, 0.05) is 0 Å². The number of hydrogen-bond donors (Lipinski definition) is 1. The molecule has 0 radical (unpaired) electrons. The van der Waals surface area contributed by atoms with Gasteiger partial charge in [-0.1, -0.05) is 5.57 Å². The first-order chi connectivity index (χ1) is 8.81. The van der Waals surface area contributed by atoms with Crippen LogP contribution in [0.2, 0.25) is 0 Å². The van der Waals surface area contributed by atoms with E-state index in [-0.39, 0.29) is 17.5 Å². The van der Waals surface area contributed by atoms with Gasteiger partial charge >= 0.3 is 5.97 Å². The van der Waals surface area contributed by atoms with Crippen LogP contribution in [-0.2, 0) is 14.3 Å². The first kappa shape index (κ1) is 16.2. The van der Waals surface area contributed by atoms with Crippen molar-refractivity contribution in [3.8, 4) is 0 Å². The Balaban J connectivity index is 2.43. The highest BCUT2D eigenvalue weighted by Gasteiger charge is 2.25. The van der Waals surface area contributed by atoms with E-state index in [1.807, 2.05) is 27.7 Å². The van der Waals surface area contributed by atoms with E-state index in [2.05, 4.69) is 0 Å². The number of allylic oxidation sites excluding steroid dienone is 1. The molecule has 1 fully saturated rings. The van der Waals surface area contributed by atoms with Gasteiger partial charge in [-0.3, -0.25) is 4.79 Å². The monoisotopic (exact) mass is 270 g/mol. The molecule has 1 saturated carbocycles. The summed E-state index contributed by atoms with van der Waals surface area (Å²) in [4.78, 5) is 11.6. The number of aliphatic hydroxyl groups excluding tert-OH is 1. The molecule has 0 aromatic heterocycles. The predicted molar refractivity (Wildman–Crippen MR) is 73.5 cm³/mol. The van der Waals surface area contributed by atoms with Gasteiger partial charge in [0.25, 0.3) is 0 Å². The molecule has 0 saturated heterocycles. The van der Waals surface area contributed by atoms with Crippen molar-refractivity contribution in [1.82, 2.24) is 0 Å². The lowest BCUT2D eigenvalue weighted by atomic mass is 9.85.